The van der Waals surface area contributed by atoms with E-state index in [0.717, 1.165) is 16.2 Å². The van der Waals surface area contributed by atoms with E-state index in [1.165, 1.54) is 0 Å². The van der Waals surface area contributed by atoms with Crippen LogP contribution in [0.3, 0.4) is 0 Å². The van der Waals surface area contributed by atoms with Crippen LogP contribution in [0.5, 0.6) is 0 Å². The molecule has 1 unspecified atom stereocenters. The molecule has 0 aliphatic heterocycles. The zero-order valence-electron chi connectivity index (χ0n) is 12.9. The van der Waals surface area contributed by atoms with E-state index in [4.69, 9.17) is 4.74 Å². The number of methoxy groups -OCH3 is 1. The molecule has 0 aliphatic carbocycles. The molecule has 116 valence electrons. The van der Waals surface area contributed by atoms with Gasteiger partial charge in [-0.15, -0.1) is 11.8 Å². The summed E-state index contributed by atoms with van der Waals surface area (Å²) in [5, 5.41) is 3.06. The van der Waals surface area contributed by atoms with Crippen LogP contribution in [0, 0.1) is 0 Å². The zero-order chi connectivity index (χ0) is 15.8. The summed E-state index contributed by atoms with van der Waals surface area (Å²) in [6.45, 7) is 2.66. The van der Waals surface area contributed by atoms with Gasteiger partial charge < -0.3 is 10.1 Å². The fraction of sp³-hybridized carbons (Fsp3) is 0.278. The summed E-state index contributed by atoms with van der Waals surface area (Å²) in [7, 11) is 1.68. The first-order chi connectivity index (χ1) is 10.7. The lowest BCUT2D eigenvalue weighted by Crippen LogP contribution is -2.27. The Morgan fingerprint density at radius 1 is 1.14 bits per heavy atom. The number of thioether (sulfide) groups is 1. The Hall–Kier alpha value is -1.78. The Labute approximate surface area is 136 Å². The number of hydrogen-bond donors (Lipinski definition) is 1. The fourth-order valence-corrected chi connectivity index (χ4v) is 3.08. The van der Waals surface area contributed by atoms with E-state index in [1.807, 2.05) is 61.5 Å². The average molecular weight is 315 g/mol. The summed E-state index contributed by atoms with van der Waals surface area (Å²) in [6, 6.07) is 17.6. The number of carbonyl (C=O) groups is 1. The van der Waals surface area contributed by atoms with Crippen molar-refractivity contribution >= 4 is 17.7 Å². The maximum absolute atomic E-state index is 12.5. The molecule has 0 aliphatic rings. The molecule has 0 saturated heterocycles. The Morgan fingerprint density at radius 3 is 2.55 bits per heavy atom. The molecule has 2 aromatic rings. The number of ether oxygens (including phenoxy) is 1. The van der Waals surface area contributed by atoms with Gasteiger partial charge in [-0.3, -0.25) is 4.79 Å². The predicted octanol–water partition coefficient (Wildman–Crippen LogP) is 3.92. The van der Waals surface area contributed by atoms with Crippen LogP contribution in [0.2, 0.25) is 0 Å². The lowest BCUT2D eigenvalue weighted by Gasteiger charge is -2.16. The standard InChI is InChI=1S/C18H21NO2S/c1-14(15-8-4-3-5-9-15)19-18(20)16-10-6-7-11-17(16)22-13-12-21-2/h3-11,14H,12-13H2,1-2H3,(H,19,20). The minimum absolute atomic E-state index is 0.0225. The maximum Gasteiger partial charge on any atom is 0.252 e. The van der Waals surface area contributed by atoms with Gasteiger partial charge in [0.1, 0.15) is 0 Å². The molecule has 22 heavy (non-hydrogen) atoms. The average Bonchev–Trinajstić information content (AvgIpc) is 2.56. The first-order valence-corrected chi connectivity index (χ1v) is 8.27. The van der Waals surface area contributed by atoms with Crippen molar-refractivity contribution in [2.45, 2.75) is 17.9 Å². The highest BCUT2D eigenvalue weighted by Crippen LogP contribution is 2.23. The Kier molecular flexibility index (Phi) is 6.49. The van der Waals surface area contributed by atoms with Crippen LogP contribution >= 0.6 is 11.8 Å². The lowest BCUT2D eigenvalue weighted by atomic mass is 10.1. The van der Waals surface area contributed by atoms with Gasteiger partial charge >= 0.3 is 0 Å². The van der Waals surface area contributed by atoms with Gasteiger partial charge in [0.05, 0.1) is 18.2 Å². The molecule has 0 radical (unpaired) electrons. The lowest BCUT2D eigenvalue weighted by molar-refractivity contribution is 0.0937. The molecule has 2 aromatic carbocycles. The molecule has 0 fully saturated rings. The van der Waals surface area contributed by atoms with Crippen molar-refractivity contribution < 1.29 is 9.53 Å². The normalized spacial score (nSPS) is 11.9. The zero-order valence-corrected chi connectivity index (χ0v) is 13.7. The molecular weight excluding hydrogens is 294 g/mol. The van der Waals surface area contributed by atoms with Crippen molar-refractivity contribution in [1.82, 2.24) is 5.32 Å². The molecule has 2 rings (SSSR count). The second-order valence-electron chi connectivity index (χ2n) is 4.94. The second kappa shape index (κ2) is 8.61. The molecule has 1 N–H and O–H groups in total. The third kappa shape index (κ3) is 4.61. The number of nitrogens with one attached hydrogen (secondary N) is 1. The van der Waals surface area contributed by atoms with E-state index in [0.29, 0.717) is 12.2 Å². The third-order valence-corrected chi connectivity index (χ3v) is 4.36. The van der Waals surface area contributed by atoms with E-state index in [2.05, 4.69) is 5.32 Å². The first kappa shape index (κ1) is 16.6. The molecule has 4 heteroatoms. The van der Waals surface area contributed by atoms with E-state index in [1.54, 1.807) is 18.9 Å². The largest absolute Gasteiger partial charge is 0.384 e. The number of rotatable bonds is 7. The van der Waals surface area contributed by atoms with Gasteiger partial charge in [0, 0.05) is 17.8 Å². The van der Waals surface area contributed by atoms with Crippen molar-refractivity contribution in [3.8, 4) is 0 Å². The predicted molar refractivity (Wildman–Crippen MR) is 91.4 cm³/mol. The van der Waals surface area contributed by atoms with Crippen LogP contribution < -0.4 is 5.32 Å². The fourth-order valence-electron chi connectivity index (χ4n) is 2.11. The molecule has 0 heterocycles. The highest BCUT2D eigenvalue weighted by Gasteiger charge is 2.14. The van der Waals surface area contributed by atoms with Crippen LogP contribution in [0.25, 0.3) is 0 Å². The summed E-state index contributed by atoms with van der Waals surface area (Å²) < 4.78 is 5.06. The molecule has 0 bridgehead atoms. The van der Waals surface area contributed by atoms with Crippen molar-refractivity contribution in [1.29, 1.82) is 0 Å². The van der Waals surface area contributed by atoms with Gasteiger partial charge in [-0.05, 0) is 24.6 Å². The summed E-state index contributed by atoms with van der Waals surface area (Å²) in [4.78, 5) is 13.5. The van der Waals surface area contributed by atoms with E-state index < -0.39 is 0 Å². The van der Waals surface area contributed by atoms with Crippen molar-refractivity contribution in [3.63, 3.8) is 0 Å². The van der Waals surface area contributed by atoms with Gasteiger partial charge in [0.2, 0.25) is 0 Å². The second-order valence-corrected chi connectivity index (χ2v) is 6.08. The highest BCUT2D eigenvalue weighted by molar-refractivity contribution is 7.99. The quantitative estimate of drug-likeness (QED) is 0.622. The number of amides is 1. The highest BCUT2D eigenvalue weighted by atomic mass is 32.2. The van der Waals surface area contributed by atoms with Gasteiger partial charge in [0.15, 0.2) is 0 Å². The molecule has 3 nitrogen and oxygen atoms in total. The summed E-state index contributed by atoms with van der Waals surface area (Å²) in [5.74, 6) is 0.784. The Balaban J connectivity index is 2.06. The Morgan fingerprint density at radius 2 is 1.82 bits per heavy atom. The molecule has 1 atom stereocenters. The summed E-state index contributed by atoms with van der Waals surface area (Å²) >= 11 is 1.64. The maximum atomic E-state index is 12.5. The van der Waals surface area contributed by atoms with E-state index >= 15 is 0 Å². The molecule has 1 amide bonds. The van der Waals surface area contributed by atoms with Crippen molar-refractivity contribution in [2.75, 3.05) is 19.5 Å². The number of carbonyl (C=O) groups excluding carboxylic acids is 1. The molecule has 0 spiro atoms. The topological polar surface area (TPSA) is 38.3 Å². The number of benzene rings is 2. The smallest absolute Gasteiger partial charge is 0.252 e. The van der Waals surface area contributed by atoms with E-state index in [-0.39, 0.29) is 11.9 Å². The van der Waals surface area contributed by atoms with Gasteiger partial charge in [-0.1, -0.05) is 42.5 Å². The van der Waals surface area contributed by atoms with Crippen LogP contribution in [0.4, 0.5) is 0 Å². The van der Waals surface area contributed by atoms with E-state index in [9.17, 15) is 4.79 Å². The van der Waals surface area contributed by atoms with Gasteiger partial charge in [-0.2, -0.15) is 0 Å². The van der Waals surface area contributed by atoms with Crippen molar-refractivity contribution in [3.05, 3.63) is 65.7 Å². The minimum Gasteiger partial charge on any atom is -0.384 e. The van der Waals surface area contributed by atoms with Crippen LogP contribution in [0.1, 0.15) is 28.9 Å². The van der Waals surface area contributed by atoms with Crippen LogP contribution in [0.15, 0.2) is 59.5 Å². The SMILES string of the molecule is COCCSc1ccccc1C(=O)NC(C)c1ccccc1. The van der Waals surface area contributed by atoms with Gasteiger partial charge in [0.25, 0.3) is 5.91 Å². The monoisotopic (exact) mass is 315 g/mol. The summed E-state index contributed by atoms with van der Waals surface area (Å²) in [6.07, 6.45) is 0. The third-order valence-electron chi connectivity index (χ3n) is 3.32. The first-order valence-electron chi connectivity index (χ1n) is 7.29. The Bertz CT molecular complexity index is 601. The minimum atomic E-state index is -0.0446. The van der Waals surface area contributed by atoms with Crippen molar-refractivity contribution in [2.24, 2.45) is 0 Å². The molecule has 0 saturated carbocycles. The van der Waals surface area contributed by atoms with Crippen LogP contribution in [-0.4, -0.2) is 25.4 Å². The van der Waals surface area contributed by atoms with Crippen LogP contribution in [-0.2, 0) is 4.74 Å². The summed E-state index contributed by atoms with van der Waals surface area (Å²) in [5.41, 5.74) is 1.81. The van der Waals surface area contributed by atoms with Gasteiger partial charge in [-0.25, -0.2) is 0 Å². The number of hydrogen-bond acceptors (Lipinski definition) is 3. The molecular formula is C18H21NO2S. The molecule has 0 aromatic heterocycles.